The molecule has 2 heterocycles. The average Bonchev–Trinajstić information content (AvgIpc) is 3.87. The second-order valence-corrected chi connectivity index (χ2v) is 12.3. The number of aromatic amines is 2. The molecule has 292 valence electrons. The quantitative estimate of drug-likeness (QED) is 0.0557. The second kappa shape index (κ2) is 20.6. The molecular weight excluding hydrogens is 721 g/mol. The van der Waals surface area contributed by atoms with E-state index in [0.717, 1.165) is 25.1 Å². The molecular formula is C37H42FN7O10. The van der Waals surface area contributed by atoms with Crippen molar-refractivity contribution >= 4 is 52.4 Å². The Morgan fingerprint density at radius 2 is 1.38 bits per heavy atom. The molecule has 0 bridgehead atoms. The van der Waals surface area contributed by atoms with Crippen LogP contribution in [-0.4, -0.2) is 102 Å². The molecule has 6 N–H and O–H groups in total. The molecule has 4 unspecified atom stereocenters. The fourth-order valence-corrected chi connectivity index (χ4v) is 5.50. The predicted octanol–water partition coefficient (Wildman–Crippen LogP) is 1.48. The van der Waals surface area contributed by atoms with Gasteiger partial charge in [-0.05, 0) is 23.6 Å². The first-order valence-corrected chi connectivity index (χ1v) is 17.1. The molecule has 2 aromatic heterocycles. The van der Waals surface area contributed by atoms with Crippen LogP contribution < -0.4 is 21.3 Å². The van der Waals surface area contributed by atoms with E-state index in [4.69, 9.17) is 9.47 Å². The van der Waals surface area contributed by atoms with E-state index in [1.54, 1.807) is 36.5 Å². The fraction of sp³-hybridized carbons (Fsp3) is 0.351. The number of ketones is 1. The van der Waals surface area contributed by atoms with E-state index in [2.05, 4.69) is 41.0 Å². The van der Waals surface area contributed by atoms with Crippen molar-refractivity contribution in [2.45, 2.75) is 62.9 Å². The minimum absolute atomic E-state index is 0.0450. The lowest BCUT2D eigenvalue weighted by Crippen LogP contribution is -2.58. The standard InChI is InChI=1S/C37H42FN7O10/c1-53-32(47)13-12-27(34(49)44-30(15-24-19-39-21-41-24)36(51)43-28(31(46)17-38)16-33(48)54-2)42-35(50)29(14-23-18-40-26-11-7-6-10-25(23)26)45-37(52)55-20-22-8-4-3-5-9-22/h3-11,18-19,21,27-30,40H,12-17,20H2,1-2H3,(H,39,41)(H,42,50)(H,43,51)(H,44,49)(H,45,52). The summed E-state index contributed by atoms with van der Waals surface area (Å²) in [5.74, 6) is -5.44. The zero-order chi connectivity index (χ0) is 39.7. The first-order valence-electron chi connectivity index (χ1n) is 17.1. The summed E-state index contributed by atoms with van der Waals surface area (Å²) in [5, 5.41) is 10.7. The molecule has 0 radical (unpaired) electrons. The highest BCUT2D eigenvalue weighted by molar-refractivity contribution is 5.97. The first kappa shape index (κ1) is 41.2. The summed E-state index contributed by atoms with van der Waals surface area (Å²) in [4.78, 5) is 101. The third-order valence-corrected chi connectivity index (χ3v) is 8.47. The van der Waals surface area contributed by atoms with Crippen molar-refractivity contribution in [1.29, 1.82) is 0 Å². The Kier molecular flexibility index (Phi) is 15.4. The number of imidazole rings is 1. The number of H-pyrrole nitrogens is 2. The molecule has 17 nitrogen and oxygen atoms in total. The number of hydrogen-bond donors (Lipinski definition) is 6. The van der Waals surface area contributed by atoms with Crippen LogP contribution in [0.25, 0.3) is 10.9 Å². The lowest BCUT2D eigenvalue weighted by Gasteiger charge is -2.26. The zero-order valence-electron chi connectivity index (χ0n) is 30.1. The van der Waals surface area contributed by atoms with Crippen LogP contribution in [0, 0.1) is 0 Å². The Hall–Kier alpha value is -6.59. The number of alkyl halides is 1. The van der Waals surface area contributed by atoms with Crippen molar-refractivity contribution < 1.29 is 52.2 Å². The average molecular weight is 764 g/mol. The van der Waals surface area contributed by atoms with E-state index < -0.39 is 78.8 Å². The summed E-state index contributed by atoms with van der Waals surface area (Å²) in [7, 11) is 2.20. The van der Waals surface area contributed by atoms with E-state index in [0.29, 0.717) is 16.8 Å². The number of hydrogen-bond acceptors (Lipinski definition) is 11. The van der Waals surface area contributed by atoms with Gasteiger partial charge >= 0.3 is 18.0 Å². The van der Waals surface area contributed by atoms with Crippen LogP contribution >= 0.6 is 0 Å². The van der Waals surface area contributed by atoms with E-state index in [1.165, 1.54) is 12.5 Å². The number of carbonyl (C=O) groups is 7. The van der Waals surface area contributed by atoms with Gasteiger partial charge in [0.25, 0.3) is 0 Å². The van der Waals surface area contributed by atoms with Crippen molar-refractivity contribution in [3.63, 3.8) is 0 Å². The molecule has 0 aliphatic rings. The molecule has 0 aliphatic heterocycles. The van der Waals surface area contributed by atoms with Crippen LogP contribution in [0.5, 0.6) is 0 Å². The number of Topliss-reactive ketones (excluding diaryl/α,β-unsaturated/α-hetero) is 1. The highest BCUT2D eigenvalue weighted by Crippen LogP contribution is 2.19. The van der Waals surface area contributed by atoms with Crippen molar-refractivity contribution in [3.8, 4) is 0 Å². The molecule has 0 spiro atoms. The van der Waals surface area contributed by atoms with Crippen molar-refractivity contribution in [2.75, 3.05) is 20.9 Å². The van der Waals surface area contributed by atoms with Gasteiger partial charge in [-0.25, -0.2) is 14.2 Å². The highest BCUT2D eigenvalue weighted by Gasteiger charge is 2.33. The summed E-state index contributed by atoms with van der Waals surface area (Å²) in [6.45, 7) is -1.58. The van der Waals surface area contributed by atoms with E-state index >= 15 is 0 Å². The number of ether oxygens (including phenoxy) is 3. The number of nitrogens with zero attached hydrogens (tertiary/aromatic N) is 1. The van der Waals surface area contributed by atoms with Gasteiger partial charge in [-0.1, -0.05) is 48.5 Å². The van der Waals surface area contributed by atoms with Crippen molar-refractivity contribution in [1.82, 2.24) is 36.2 Å². The molecule has 4 amide bonds. The van der Waals surface area contributed by atoms with Crippen LogP contribution in [-0.2, 0) is 62.4 Å². The Morgan fingerprint density at radius 3 is 2.05 bits per heavy atom. The summed E-state index contributed by atoms with van der Waals surface area (Å²) in [5.41, 5.74) is 2.51. The third-order valence-electron chi connectivity index (χ3n) is 8.47. The Bertz CT molecular complexity index is 1940. The van der Waals surface area contributed by atoms with E-state index in [9.17, 15) is 38.0 Å². The molecule has 0 aliphatic carbocycles. The summed E-state index contributed by atoms with van der Waals surface area (Å²) in [6.07, 6.45) is 1.89. The largest absolute Gasteiger partial charge is 0.469 e. The lowest BCUT2D eigenvalue weighted by molar-refractivity contribution is -0.144. The number of carbonyl (C=O) groups excluding carboxylic acids is 7. The Balaban J connectivity index is 1.58. The van der Waals surface area contributed by atoms with Gasteiger partial charge in [-0.2, -0.15) is 0 Å². The molecule has 18 heteroatoms. The smallest absolute Gasteiger partial charge is 0.408 e. The number of benzene rings is 2. The molecule has 55 heavy (non-hydrogen) atoms. The maximum absolute atomic E-state index is 14.0. The minimum atomic E-state index is -1.61. The van der Waals surface area contributed by atoms with Crippen LogP contribution in [0.4, 0.5) is 9.18 Å². The molecule has 0 saturated carbocycles. The Labute approximate surface area is 314 Å². The molecule has 0 saturated heterocycles. The number of aromatic nitrogens is 3. The normalized spacial score (nSPS) is 13.0. The summed E-state index contributed by atoms with van der Waals surface area (Å²) < 4.78 is 28.0. The lowest BCUT2D eigenvalue weighted by atomic mass is 10.0. The highest BCUT2D eigenvalue weighted by atomic mass is 19.1. The number of halogens is 1. The van der Waals surface area contributed by atoms with E-state index in [1.807, 2.05) is 24.3 Å². The van der Waals surface area contributed by atoms with Gasteiger partial charge in [0.1, 0.15) is 37.4 Å². The Morgan fingerprint density at radius 1 is 0.745 bits per heavy atom. The maximum Gasteiger partial charge on any atom is 0.408 e. The molecule has 4 atom stereocenters. The number of para-hydroxylation sites is 1. The van der Waals surface area contributed by atoms with Gasteiger partial charge < -0.3 is 45.4 Å². The van der Waals surface area contributed by atoms with Gasteiger partial charge in [0, 0.05) is 48.3 Å². The fourth-order valence-electron chi connectivity index (χ4n) is 5.50. The second-order valence-electron chi connectivity index (χ2n) is 12.3. The zero-order valence-corrected chi connectivity index (χ0v) is 30.1. The number of fused-ring (bicyclic) bond motifs is 1. The number of alkyl carbamates (subject to hydrolysis) is 1. The number of methoxy groups -OCH3 is 2. The summed E-state index contributed by atoms with van der Waals surface area (Å²) >= 11 is 0. The molecule has 0 fully saturated rings. The topological polar surface area (TPSA) is 240 Å². The first-order chi connectivity index (χ1) is 26.5. The van der Waals surface area contributed by atoms with Crippen LogP contribution in [0.2, 0.25) is 0 Å². The van der Waals surface area contributed by atoms with Crippen molar-refractivity contribution in [3.05, 3.63) is 90.1 Å². The summed E-state index contributed by atoms with van der Waals surface area (Å²) in [6, 6.07) is 10.3. The monoisotopic (exact) mass is 763 g/mol. The van der Waals surface area contributed by atoms with E-state index in [-0.39, 0.29) is 32.3 Å². The third kappa shape index (κ3) is 12.5. The molecule has 2 aromatic carbocycles. The van der Waals surface area contributed by atoms with Gasteiger partial charge in [-0.3, -0.25) is 28.8 Å². The van der Waals surface area contributed by atoms with Gasteiger partial charge in [-0.15, -0.1) is 0 Å². The maximum atomic E-state index is 14.0. The van der Waals surface area contributed by atoms with Crippen molar-refractivity contribution in [2.24, 2.45) is 0 Å². The van der Waals surface area contributed by atoms with Crippen LogP contribution in [0.15, 0.2) is 73.3 Å². The molecule has 4 rings (SSSR count). The number of nitrogens with one attached hydrogen (secondary N) is 6. The number of esters is 2. The molecule has 4 aromatic rings. The SMILES string of the molecule is COC(=O)CCC(NC(=O)C(Cc1c[nH]c2ccccc12)NC(=O)OCc1ccccc1)C(=O)NC(Cc1cnc[nH]1)C(=O)NC(CC(=O)OC)C(=O)CF. The van der Waals surface area contributed by atoms with Gasteiger partial charge in [0.05, 0.1) is 27.0 Å². The van der Waals surface area contributed by atoms with Gasteiger partial charge in [0.2, 0.25) is 17.7 Å². The van der Waals surface area contributed by atoms with Gasteiger partial charge in [0.15, 0.2) is 5.78 Å². The van der Waals surface area contributed by atoms with Crippen LogP contribution in [0.3, 0.4) is 0 Å². The predicted molar refractivity (Wildman–Crippen MR) is 193 cm³/mol. The minimum Gasteiger partial charge on any atom is -0.469 e. The number of rotatable bonds is 20. The number of amides is 4. The van der Waals surface area contributed by atoms with Crippen LogP contribution in [0.1, 0.15) is 36.1 Å².